The van der Waals surface area contributed by atoms with Gasteiger partial charge in [-0.25, -0.2) is 12.8 Å². The fourth-order valence-electron chi connectivity index (χ4n) is 2.96. The van der Waals surface area contributed by atoms with E-state index in [0.717, 1.165) is 18.2 Å². The molecule has 1 aliphatic heterocycles. The first kappa shape index (κ1) is 18.3. The van der Waals surface area contributed by atoms with Gasteiger partial charge in [-0.3, -0.25) is 15.5 Å². The van der Waals surface area contributed by atoms with Gasteiger partial charge in [0.05, 0.1) is 16.2 Å². The zero-order valence-electron chi connectivity index (χ0n) is 13.9. The number of nitrogens with zero attached hydrogens (tertiary/aromatic N) is 1. The number of hydrogen-bond acceptors (Lipinski definition) is 5. The number of sulfone groups is 1. The first-order valence-electron chi connectivity index (χ1n) is 7.39. The highest BCUT2D eigenvalue weighted by Crippen LogP contribution is 2.39. The molecule has 1 aromatic carbocycles. The van der Waals surface area contributed by atoms with Crippen molar-refractivity contribution in [1.82, 2.24) is 5.32 Å². The van der Waals surface area contributed by atoms with Crippen molar-refractivity contribution in [3.8, 4) is 0 Å². The van der Waals surface area contributed by atoms with Crippen LogP contribution < -0.4 is 5.32 Å². The number of halogens is 1. The van der Waals surface area contributed by atoms with Crippen molar-refractivity contribution < 1.29 is 17.7 Å². The summed E-state index contributed by atoms with van der Waals surface area (Å²) in [6.07, 6.45) is 0. The number of benzene rings is 1. The quantitative estimate of drug-likeness (QED) is 0.637. The summed E-state index contributed by atoms with van der Waals surface area (Å²) in [6, 6.07) is 2.97. The Kier molecular flexibility index (Phi) is 4.20. The molecule has 1 aliphatic rings. The average Bonchev–Trinajstić information content (AvgIpc) is 2.43. The molecule has 0 spiro atoms. The first-order chi connectivity index (χ1) is 10.8. The molecule has 132 valence electrons. The maximum absolute atomic E-state index is 14.3. The Balaban J connectivity index is 2.60. The van der Waals surface area contributed by atoms with Gasteiger partial charge in [0.1, 0.15) is 16.4 Å². The molecule has 0 bridgehead atoms. The molecule has 2 rings (SSSR count). The summed E-state index contributed by atoms with van der Waals surface area (Å²) < 4.78 is 38.5. The third-order valence-corrected chi connectivity index (χ3v) is 7.80. The summed E-state index contributed by atoms with van der Waals surface area (Å²) >= 11 is 0. The van der Waals surface area contributed by atoms with Gasteiger partial charge in [-0.05, 0) is 25.8 Å². The second-order valence-corrected chi connectivity index (χ2v) is 9.14. The minimum absolute atomic E-state index is 0.143. The van der Waals surface area contributed by atoms with E-state index in [9.17, 15) is 22.9 Å². The van der Waals surface area contributed by atoms with Gasteiger partial charge < -0.3 is 5.32 Å². The molecule has 1 saturated heterocycles. The van der Waals surface area contributed by atoms with E-state index in [1.165, 1.54) is 13.8 Å². The third kappa shape index (κ3) is 2.56. The summed E-state index contributed by atoms with van der Waals surface area (Å²) in [5.74, 6) is -1.82. The molecule has 7 nitrogen and oxygen atoms in total. The number of nitrogens with one attached hydrogen (secondary N) is 2. The van der Waals surface area contributed by atoms with Crippen LogP contribution in [-0.2, 0) is 15.4 Å². The Labute approximate surface area is 139 Å². The highest BCUT2D eigenvalue weighted by atomic mass is 32.2. The zero-order valence-corrected chi connectivity index (χ0v) is 14.7. The van der Waals surface area contributed by atoms with Crippen LogP contribution in [-0.4, -0.2) is 29.7 Å². The summed E-state index contributed by atoms with van der Waals surface area (Å²) in [5.41, 5.74) is -1.94. The van der Waals surface area contributed by atoms with Gasteiger partial charge in [-0.1, -0.05) is 13.8 Å². The number of non-ortho nitro benzene ring substituents is 1. The van der Waals surface area contributed by atoms with Crippen molar-refractivity contribution in [2.24, 2.45) is 5.92 Å². The largest absolute Gasteiger partial charge is 0.362 e. The molecule has 1 aromatic rings. The second kappa shape index (κ2) is 5.51. The monoisotopic (exact) mass is 357 g/mol. The Bertz CT molecular complexity index is 824. The molecule has 0 unspecified atom stereocenters. The first-order valence-corrected chi connectivity index (χ1v) is 9.04. The molecule has 2 atom stereocenters. The van der Waals surface area contributed by atoms with Crippen LogP contribution in [0.5, 0.6) is 0 Å². The normalized spacial score (nSPS) is 29.3. The zero-order chi connectivity index (χ0) is 18.5. The highest BCUT2D eigenvalue weighted by Gasteiger charge is 2.55. The van der Waals surface area contributed by atoms with Crippen LogP contribution in [0.1, 0.15) is 33.3 Å². The van der Waals surface area contributed by atoms with Crippen molar-refractivity contribution in [3.63, 3.8) is 0 Å². The Morgan fingerprint density at radius 1 is 1.38 bits per heavy atom. The number of amidine groups is 1. The predicted molar refractivity (Wildman–Crippen MR) is 88.3 cm³/mol. The molecular weight excluding hydrogens is 337 g/mol. The van der Waals surface area contributed by atoms with Crippen LogP contribution in [0.15, 0.2) is 18.2 Å². The van der Waals surface area contributed by atoms with Gasteiger partial charge in [0.25, 0.3) is 5.69 Å². The van der Waals surface area contributed by atoms with Crippen molar-refractivity contribution in [2.75, 3.05) is 5.75 Å². The van der Waals surface area contributed by atoms with E-state index >= 15 is 0 Å². The van der Waals surface area contributed by atoms with E-state index in [2.05, 4.69) is 5.32 Å². The lowest BCUT2D eigenvalue weighted by molar-refractivity contribution is -0.385. The van der Waals surface area contributed by atoms with Gasteiger partial charge in [-0.15, -0.1) is 0 Å². The van der Waals surface area contributed by atoms with Gasteiger partial charge in [0.15, 0.2) is 9.84 Å². The molecule has 1 fully saturated rings. The smallest absolute Gasteiger partial charge is 0.269 e. The SMILES string of the molecule is CC(C)[C@@]1(C)C(=N)N[C@](C)(c2cc([N+](=O)[O-])ccc2F)CS1(=O)=O. The maximum Gasteiger partial charge on any atom is 0.269 e. The Hall–Kier alpha value is -2.03. The summed E-state index contributed by atoms with van der Waals surface area (Å²) in [4.78, 5) is 10.3. The van der Waals surface area contributed by atoms with E-state index in [1.54, 1.807) is 13.8 Å². The standard InChI is InChI=1S/C15H20FN3O4S/c1-9(2)15(4)13(17)18-14(3,8-24(15,22)23)11-7-10(19(20)21)5-6-12(11)16/h5-7,9H,8H2,1-4H3,(H2,17,18)/t14-,15-/m0/s1. The van der Waals surface area contributed by atoms with Crippen LogP contribution in [0.25, 0.3) is 0 Å². The Morgan fingerprint density at radius 3 is 2.42 bits per heavy atom. The molecule has 0 amide bonds. The molecule has 0 radical (unpaired) electrons. The lowest BCUT2D eigenvalue weighted by Crippen LogP contribution is -2.66. The van der Waals surface area contributed by atoms with Crippen molar-refractivity contribution in [3.05, 3.63) is 39.7 Å². The molecule has 1 heterocycles. The van der Waals surface area contributed by atoms with Gasteiger partial charge in [0, 0.05) is 17.7 Å². The molecular formula is C15H20FN3O4S. The molecule has 0 aromatic heterocycles. The Morgan fingerprint density at radius 2 is 1.96 bits per heavy atom. The van der Waals surface area contributed by atoms with Gasteiger partial charge >= 0.3 is 0 Å². The fourth-order valence-corrected chi connectivity index (χ4v) is 5.33. The fraction of sp³-hybridized carbons (Fsp3) is 0.533. The minimum Gasteiger partial charge on any atom is -0.362 e. The number of hydrogen-bond donors (Lipinski definition) is 2. The van der Waals surface area contributed by atoms with Gasteiger partial charge in [-0.2, -0.15) is 0 Å². The lowest BCUT2D eigenvalue weighted by Gasteiger charge is -2.46. The number of rotatable bonds is 3. The summed E-state index contributed by atoms with van der Waals surface area (Å²) in [5, 5.41) is 21.9. The van der Waals surface area contributed by atoms with Crippen LogP contribution in [0, 0.1) is 27.3 Å². The van der Waals surface area contributed by atoms with Crippen LogP contribution in [0.2, 0.25) is 0 Å². The van der Waals surface area contributed by atoms with E-state index in [0.29, 0.717) is 0 Å². The van der Waals surface area contributed by atoms with E-state index < -0.39 is 36.6 Å². The van der Waals surface area contributed by atoms with Crippen molar-refractivity contribution in [2.45, 2.75) is 38.0 Å². The van der Waals surface area contributed by atoms with Gasteiger partial charge in [0.2, 0.25) is 0 Å². The third-order valence-electron chi connectivity index (χ3n) is 4.88. The summed E-state index contributed by atoms with van der Waals surface area (Å²) in [6.45, 7) is 6.29. The minimum atomic E-state index is -3.80. The molecule has 2 N–H and O–H groups in total. The predicted octanol–water partition coefficient (Wildman–Crippen LogP) is 2.36. The summed E-state index contributed by atoms with van der Waals surface area (Å²) in [7, 11) is -3.80. The highest BCUT2D eigenvalue weighted by molar-refractivity contribution is 7.93. The number of nitro benzene ring substituents is 1. The van der Waals surface area contributed by atoms with E-state index in [-0.39, 0.29) is 23.0 Å². The maximum atomic E-state index is 14.3. The molecule has 0 aliphatic carbocycles. The average molecular weight is 357 g/mol. The second-order valence-electron chi connectivity index (χ2n) is 6.77. The van der Waals surface area contributed by atoms with Crippen molar-refractivity contribution in [1.29, 1.82) is 5.41 Å². The van der Waals surface area contributed by atoms with Crippen molar-refractivity contribution >= 4 is 21.4 Å². The van der Waals surface area contributed by atoms with Crippen LogP contribution in [0.3, 0.4) is 0 Å². The number of nitro groups is 1. The molecule has 0 saturated carbocycles. The van der Waals surface area contributed by atoms with E-state index in [4.69, 9.17) is 5.41 Å². The lowest BCUT2D eigenvalue weighted by atomic mass is 9.88. The van der Waals surface area contributed by atoms with Crippen LogP contribution >= 0.6 is 0 Å². The van der Waals surface area contributed by atoms with Crippen LogP contribution in [0.4, 0.5) is 10.1 Å². The van der Waals surface area contributed by atoms with E-state index in [1.807, 2.05) is 0 Å². The molecule has 9 heteroatoms. The topological polar surface area (TPSA) is 113 Å². The molecule has 24 heavy (non-hydrogen) atoms.